The van der Waals surface area contributed by atoms with Gasteiger partial charge >= 0.3 is 0 Å². The van der Waals surface area contributed by atoms with Crippen molar-refractivity contribution in [3.8, 4) is 22.5 Å². The molecule has 6 nitrogen and oxygen atoms in total. The number of H-pyrrole nitrogens is 1. The lowest BCUT2D eigenvalue weighted by Crippen LogP contribution is -2.28. The number of rotatable bonds is 6. The van der Waals surface area contributed by atoms with Gasteiger partial charge in [-0.05, 0) is 28.3 Å². The Labute approximate surface area is 179 Å². The summed E-state index contributed by atoms with van der Waals surface area (Å²) in [6.45, 7) is 1.82. The molecule has 1 unspecified atom stereocenters. The molecule has 0 saturated carbocycles. The summed E-state index contributed by atoms with van der Waals surface area (Å²) in [5.74, 6) is 0.758. The number of hydrogen-bond donors (Lipinski definition) is 2. The molecule has 2 heterocycles. The quantitative estimate of drug-likeness (QED) is 0.487. The second-order valence-corrected chi connectivity index (χ2v) is 7.73. The zero-order valence-corrected chi connectivity index (χ0v) is 17.2. The van der Waals surface area contributed by atoms with E-state index in [-0.39, 0.29) is 30.6 Å². The molecule has 2 N–H and O–H groups in total. The molecule has 2 aromatic carbocycles. The fourth-order valence-electron chi connectivity index (χ4n) is 4.26. The van der Waals surface area contributed by atoms with E-state index in [1.165, 1.54) is 0 Å². The molecule has 154 valence electrons. The molecule has 1 aliphatic carbocycles. The molecular weight excluding hydrogens is 388 g/mol. The molecule has 2 aromatic heterocycles. The number of carbonyl (C=O) groups is 2. The van der Waals surface area contributed by atoms with E-state index in [9.17, 15) is 9.59 Å². The van der Waals surface area contributed by atoms with Gasteiger partial charge in [-0.3, -0.25) is 14.6 Å². The van der Waals surface area contributed by atoms with E-state index in [2.05, 4.69) is 21.4 Å². The average Bonchev–Trinajstić information content (AvgIpc) is 3.37. The minimum Gasteiger partial charge on any atom is -0.345 e. The number of nitrogens with zero attached hydrogens (tertiary/aromatic N) is 2. The van der Waals surface area contributed by atoms with Gasteiger partial charge in [0, 0.05) is 31.0 Å². The monoisotopic (exact) mass is 410 g/mol. The largest absolute Gasteiger partial charge is 0.345 e. The molecule has 5 rings (SSSR count). The number of aromatic nitrogens is 3. The first-order chi connectivity index (χ1) is 15.2. The number of hydrogen-bond acceptors (Lipinski definition) is 4. The first-order valence-electron chi connectivity index (χ1n) is 10.5. The fourth-order valence-corrected chi connectivity index (χ4v) is 4.26. The van der Waals surface area contributed by atoms with Crippen molar-refractivity contribution in [1.82, 2.24) is 20.3 Å². The Bertz CT molecular complexity index is 1270. The third-order valence-electron chi connectivity index (χ3n) is 5.82. The molecule has 31 heavy (non-hydrogen) atoms. The molecular formula is C25H22N4O2. The summed E-state index contributed by atoms with van der Waals surface area (Å²) in [6.07, 6.45) is 4.43. The Morgan fingerprint density at radius 1 is 1.00 bits per heavy atom. The van der Waals surface area contributed by atoms with Gasteiger partial charge in [0.05, 0.1) is 23.3 Å². The number of aromatic amines is 1. The van der Waals surface area contributed by atoms with Crippen LogP contribution in [0.5, 0.6) is 0 Å². The molecule has 0 spiro atoms. The SMILES string of the molecule is CCC(=O)CCC(=O)NC1c2ccccc2-c2c(-c3nc4ccncc4[nH]3)cccc21. The highest BCUT2D eigenvalue weighted by atomic mass is 16.2. The third kappa shape index (κ3) is 3.40. The lowest BCUT2D eigenvalue weighted by Gasteiger charge is -2.16. The van der Waals surface area contributed by atoms with Gasteiger partial charge in [-0.1, -0.05) is 49.4 Å². The Hall–Kier alpha value is -3.80. The Morgan fingerprint density at radius 3 is 2.65 bits per heavy atom. The lowest BCUT2D eigenvalue weighted by atomic mass is 9.98. The highest BCUT2D eigenvalue weighted by Crippen LogP contribution is 2.47. The van der Waals surface area contributed by atoms with Crippen LogP contribution in [0.15, 0.2) is 60.9 Å². The highest BCUT2D eigenvalue weighted by Gasteiger charge is 2.32. The molecule has 0 bridgehead atoms. The van der Waals surface area contributed by atoms with Crippen molar-refractivity contribution in [2.45, 2.75) is 32.2 Å². The van der Waals surface area contributed by atoms with Crippen molar-refractivity contribution in [2.75, 3.05) is 0 Å². The van der Waals surface area contributed by atoms with Crippen LogP contribution in [-0.2, 0) is 9.59 Å². The molecule has 1 aliphatic rings. The predicted octanol–water partition coefficient (Wildman–Crippen LogP) is 4.57. The second-order valence-electron chi connectivity index (χ2n) is 7.73. The van der Waals surface area contributed by atoms with Crippen LogP contribution in [0, 0.1) is 0 Å². The van der Waals surface area contributed by atoms with Gasteiger partial charge in [-0.15, -0.1) is 0 Å². The van der Waals surface area contributed by atoms with E-state index in [0.29, 0.717) is 6.42 Å². The van der Waals surface area contributed by atoms with Gasteiger partial charge in [0.1, 0.15) is 11.6 Å². The summed E-state index contributed by atoms with van der Waals surface area (Å²) in [5.41, 5.74) is 6.97. The van der Waals surface area contributed by atoms with E-state index in [0.717, 1.165) is 44.7 Å². The summed E-state index contributed by atoms with van der Waals surface area (Å²) in [7, 11) is 0. The van der Waals surface area contributed by atoms with Crippen molar-refractivity contribution in [2.24, 2.45) is 0 Å². The molecule has 0 aliphatic heterocycles. The Kier molecular flexibility index (Phi) is 4.82. The summed E-state index contributed by atoms with van der Waals surface area (Å²) >= 11 is 0. The number of ketones is 1. The van der Waals surface area contributed by atoms with Crippen LogP contribution in [0.4, 0.5) is 0 Å². The zero-order valence-electron chi connectivity index (χ0n) is 17.2. The Morgan fingerprint density at radius 2 is 1.81 bits per heavy atom. The molecule has 0 fully saturated rings. The molecule has 0 saturated heterocycles. The molecule has 6 heteroatoms. The fraction of sp³-hybridized carbons (Fsp3) is 0.200. The predicted molar refractivity (Wildman–Crippen MR) is 119 cm³/mol. The van der Waals surface area contributed by atoms with E-state index in [1.54, 1.807) is 12.4 Å². The van der Waals surface area contributed by atoms with E-state index in [4.69, 9.17) is 4.98 Å². The van der Waals surface area contributed by atoms with E-state index >= 15 is 0 Å². The normalized spacial score (nSPS) is 14.3. The van der Waals surface area contributed by atoms with Crippen LogP contribution in [0.2, 0.25) is 0 Å². The first kappa shape index (κ1) is 19.2. The number of fused-ring (bicyclic) bond motifs is 4. The smallest absolute Gasteiger partial charge is 0.221 e. The number of imidazole rings is 1. The number of nitrogens with one attached hydrogen (secondary N) is 2. The lowest BCUT2D eigenvalue weighted by molar-refractivity contribution is -0.125. The Balaban J connectivity index is 1.56. The molecule has 0 radical (unpaired) electrons. The van der Waals surface area contributed by atoms with Crippen LogP contribution in [0.25, 0.3) is 33.5 Å². The summed E-state index contributed by atoms with van der Waals surface area (Å²) < 4.78 is 0. The van der Waals surface area contributed by atoms with Crippen molar-refractivity contribution in [3.05, 3.63) is 72.1 Å². The van der Waals surface area contributed by atoms with Gasteiger partial charge in [-0.25, -0.2) is 4.98 Å². The number of amides is 1. The van der Waals surface area contributed by atoms with Gasteiger partial charge < -0.3 is 10.3 Å². The maximum atomic E-state index is 12.6. The van der Waals surface area contributed by atoms with Crippen LogP contribution in [0.3, 0.4) is 0 Å². The minimum absolute atomic E-state index is 0.101. The molecule has 1 atom stereocenters. The van der Waals surface area contributed by atoms with Crippen LogP contribution < -0.4 is 5.32 Å². The van der Waals surface area contributed by atoms with Gasteiger partial charge in [0.15, 0.2) is 0 Å². The van der Waals surface area contributed by atoms with Gasteiger partial charge in [0.25, 0.3) is 0 Å². The zero-order chi connectivity index (χ0) is 21.4. The van der Waals surface area contributed by atoms with Crippen molar-refractivity contribution in [3.63, 3.8) is 0 Å². The summed E-state index contributed by atoms with van der Waals surface area (Å²) in [5, 5.41) is 3.14. The summed E-state index contributed by atoms with van der Waals surface area (Å²) in [4.78, 5) is 36.5. The van der Waals surface area contributed by atoms with Crippen LogP contribution in [0.1, 0.15) is 43.4 Å². The third-order valence-corrected chi connectivity index (χ3v) is 5.82. The minimum atomic E-state index is -0.249. The van der Waals surface area contributed by atoms with Crippen molar-refractivity contribution in [1.29, 1.82) is 0 Å². The number of benzene rings is 2. The standard InChI is InChI=1S/C25H22N4O2/c1-2-15(30)10-11-22(31)29-24-17-7-4-3-6-16(17)23-18(24)8-5-9-19(23)25-27-20-12-13-26-14-21(20)28-25/h3-9,12-14,24H,2,10-11H2,1H3,(H,27,28)(H,29,31). The maximum absolute atomic E-state index is 12.6. The average molecular weight is 410 g/mol. The van der Waals surface area contributed by atoms with E-state index < -0.39 is 0 Å². The molecule has 1 amide bonds. The summed E-state index contributed by atoms with van der Waals surface area (Å²) in [6, 6.07) is 15.8. The number of Topliss-reactive ketones (excluding diaryl/α,β-unsaturated/α-hetero) is 1. The second kappa shape index (κ2) is 7.80. The molecule has 4 aromatic rings. The van der Waals surface area contributed by atoms with Gasteiger partial charge in [0.2, 0.25) is 5.91 Å². The van der Waals surface area contributed by atoms with E-state index in [1.807, 2.05) is 49.4 Å². The maximum Gasteiger partial charge on any atom is 0.221 e. The van der Waals surface area contributed by atoms with Crippen LogP contribution in [-0.4, -0.2) is 26.6 Å². The number of pyridine rings is 1. The highest BCUT2D eigenvalue weighted by molar-refractivity contribution is 5.93. The van der Waals surface area contributed by atoms with Crippen molar-refractivity contribution < 1.29 is 9.59 Å². The number of carbonyl (C=O) groups excluding carboxylic acids is 2. The topological polar surface area (TPSA) is 87.7 Å². The first-order valence-corrected chi connectivity index (χ1v) is 10.5. The van der Waals surface area contributed by atoms with Crippen LogP contribution >= 0.6 is 0 Å². The van der Waals surface area contributed by atoms with Crippen molar-refractivity contribution >= 4 is 22.7 Å². The van der Waals surface area contributed by atoms with Gasteiger partial charge in [-0.2, -0.15) is 0 Å².